The molecular formula is C18H17FN4O. The number of nitrogens with two attached hydrogens (primary N) is 1. The number of ether oxygens (including phenoxy) is 1. The molecule has 1 aliphatic heterocycles. The molecule has 0 fully saturated rings. The van der Waals surface area contributed by atoms with Crippen LogP contribution in [0.4, 0.5) is 4.39 Å². The molecule has 2 aromatic rings. The number of halogens is 1. The van der Waals surface area contributed by atoms with Crippen molar-refractivity contribution >= 4 is 5.96 Å². The van der Waals surface area contributed by atoms with E-state index in [1.807, 2.05) is 30.3 Å². The van der Waals surface area contributed by atoms with Crippen LogP contribution < -0.4 is 15.8 Å². The molecule has 0 saturated heterocycles. The molecule has 1 heterocycles. The monoisotopic (exact) mass is 324 g/mol. The maximum Gasteiger partial charge on any atom is 0.189 e. The number of nitriles is 1. The summed E-state index contributed by atoms with van der Waals surface area (Å²) in [4.78, 5) is 4.19. The van der Waals surface area contributed by atoms with Crippen LogP contribution in [0, 0.1) is 17.1 Å². The molecule has 1 atom stereocenters. The number of fused-ring (bicyclic) bond motifs is 1. The van der Waals surface area contributed by atoms with Crippen molar-refractivity contribution < 1.29 is 9.13 Å². The molecule has 122 valence electrons. The predicted molar refractivity (Wildman–Crippen MR) is 88.9 cm³/mol. The van der Waals surface area contributed by atoms with E-state index in [0.717, 1.165) is 17.7 Å². The molecule has 3 N–H and O–H groups in total. The van der Waals surface area contributed by atoms with Crippen molar-refractivity contribution in [1.82, 2.24) is 5.32 Å². The van der Waals surface area contributed by atoms with Crippen LogP contribution in [-0.4, -0.2) is 12.6 Å². The summed E-state index contributed by atoms with van der Waals surface area (Å²) in [6, 6.07) is 13.9. The van der Waals surface area contributed by atoms with Crippen molar-refractivity contribution in [3.05, 3.63) is 65.0 Å². The highest BCUT2D eigenvalue weighted by atomic mass is 19.1. The van der Waals surface area contributed by atoms with Crippen molar-refractivity contribution in [1.29, 1.82) is 5.26 Å². The molecule has 0 amide bonds. The Morgan fingerprint density at radius 1 is 1.38 bits per heavy atom. The minimum atomic E-state index is -0.401. The van der Waals surface area contributed by atoms with Crippen molar-refractivity contribution in [3.63, 3.8) is 0 Å². The van der Waals surface area contributed by atoms with Gasteiger partial charge in [-0.3, -0.25) is 0 Å². The van der Waals surface area contributed by atoms with Gasteiger partial charge in [-0.05, 0) is 24.3 Å². The van der Waals surface area contributed by atoms with Crippen molar-refractivity contribution in [2.24, 2.45) is 10.7 Å². The smallest absolute Gasteiger partial charge is 0.189 e. The van der Waals surface area contributed by atoms with Crippen LogP contribution >= 0.6 is 0 Å². The fourth-order valence-corrected chi connectivity index (χ4v) is 2.65. The summed E-state index contributed by atoms with van der Waals surface area (Å²) in [5.74, 6) is 0.669. The molecule has 1 unspecified atom stereocenters. The van der Waals surface area contributed by atoms with Crippen molar-refractivity contribution in [2.75, 3.05) is 6.61 Å². The quantitative estimate of drug-likeness (QED) is 0.671. The minimum absolute atomic E-state index is 0.00832. The van der Waals surface area contributed by atoms with Crippen LogP contribution in [0.5, 0.6) is 5.75 Å². The van der Waals surface area contributed by atoms with Gasteiger partial charge in [0.25, 0.3) is 0 Å². The number of benzene rings is 2. The number of hydrogen-bond acceptors (Lipinski definition) is 3. The average molecular weight is 324 g/mol. The van der Waals surface area contributed by atoms with Crippen LogP contribution in [0.15, 0.2) is 47.5 Å². The number of para-hydroxylation sites is 1. The summed E-state index contributed by atoms with van der Waals surface area (Å²) in [6.45, 7) is 0.672. The van der Waals surface area contributed by atoms with Crippen molar-refractivity contribution in [2.45, 2.75) is 19.0 Å². The largest absolute Gasteiger partial charge is 0.493 e. The Morgan fingerprint density at radius 2 is 2.21 bits per heavy atom. The first-order valence-corrected chi connectivity index (χ1v) is 7.64. The zero-order chi connectivity index (χ0) is 16.9. The number of guanidine groups is 1. The van der Waals surface area contributed by atoms with Gasteiger partial charge < -0.3 is 15.8 Å². The number of hydrogen-bond donors (Lipinski definition) is 2. The van der Waals surface area contributed by atoms with E-state index in [1.165, 1.54) is 18.2 Å². The van der Waals surface area contributed by atoms with Gasteiger partial charge in [0, 0.05) is 17.5 Å². The van der Waals surface area contributed by atoms with E-state index < -0.39 is 5.82 Å². The van der Waals surface area contributed by atoms with Crippen LogP contribution in [-0.2, 0) is 6.54 Å². The highest BCUT2D eigenvalue weighted by Gasteiger charge is 2.21. The van der Waals surface area contributed by atoms with Gasteiger partial charge in [0.2, 0.25) is 0 Å². The summed E-state index contributed by atoms with van der Waals surface area (Å²) in [5.41, 5.74) is 7.70. The maximum absolute atomic E-state index is 13.8. The predicted octanol–water partition coefficient (Wildman–Crippen LogP) is 2.63. The molecule has 0 spiro atoms. The molecule has 0 saturated carbocycles. The first-order valence-electron chi connectivity index (χ1n) is 7.64. The molecule has 5 nitrogen and oxygen atoms in total. The van der Waals surface area contributed by atoms with Gasteiger partial charge >= 0.3 is 0 Å². The second-order valence-corrected chi connectivity index (χ2v) is 5.49. The summed E-state index contributed by atoms with van der Waals surface area (Å²) in [6.07, 6.45) is 0.769. The van der Waals surface area contributed by atoms with Gasteiger partial charge in [-0.15, -0.1) is 0 Å². The van der Waals surface area contributed by atoms with Gasteiger partial charge in [-0.25, -0.2) is 9.38 Å². The fraction of sp³-hybridized carbons (Fsp3) is 0.222. The van der Waals surface area contributed by atoms with Gasteiger partial charge in [-0.2, -0.15) is 5.26 Å². The van der Waals surface area contributed by atoms with Gasteiger partial charge in [-0.1, -0.05) is 18.2 Å². The fourth-order valence-electron chi connectivity index (χ4n) is 2.65. The summed E-state index contributed by atoms with van der Waals surface area (Å²) in [5, 5.41) is 12.0. The Morgan fingerprint density at radius 3 is 3.04 bits per heavy atom. The lowest BCUT2D eigenvalue weighted by molar-refractivity contribution is 0.262. The van der Waals surface area contributed by atoms with Crippen LogP contribution in [0.1, 0.15) is 29.2 Å². The van der Waals surface area contributed by atoms with E-state index in [0.29, 0.717) is 17.7 Å². The van der Waals surface area contributed by atoms with E-state index in [-0.39, 0.29) is 18.5 Å². The standard InChI is InChI=1S/C18H17FN4O/c19-15-6-5-12(10-20)9-13(15)11-22-18(21)23-16-7-8-24-17-4-2-1-3-14(16)17/h1-6,9,16H,7-8,11H2,(H3,21,22,23). The zero-order valence-corrected chi connectivity index (χ0v) is 13.0. The van der Waals surface area contributed by atoms with E-state index in [1.54, 1.807) is 0 Å². The van der Waals surface area contributed by atoms with Crippen LogP contribution in [0.2, 0.25) is 0 Å². The molecule has 24 heavy (non-hydrogen) atoms. The third-order valence-corrected chi connectivity index (χ3v) is 3.88. The lowest BCUT2D eigenvalue weighted by Crippen LogP contribution is -2.37. The Bertz CT molecular complexity index is 813. The number of nitrogens with one attached hydrogen (secondary N) is 1. The van der Waals surface area contributed by atoms with Crippen molar-refractivity contribution in [3.8, 4) is 11.8 Å². The van der Waals surface area contributed by atoms with E-state index in [9.17, 15) is 4.39 Å². The Balaban J connectivity index is 1.71. The Hall–Kier alpha value is -3.07. The highest BCUT2D eigenvalue weighted by molar-refractivity contribution is 5.78. The summed E-state index contributed by atoms with van der Waals surface area (Å²) in [7, 11) is 0. The van der Waals surface area contributed by atoms with Gasteiger partial charge in [0.05, 0.1) is 30.8 Å². The van der Waals surface area contributed by atoms with Gasteiger partial charge in [0.15, 0.2) is 5.96 Å². The number of rotatable bonds is 3. The normalized spacial score (nSPS) is 16.7. The second-order valence-electron chi connectivity index (χ2n) is 5.49. The molecule has 2 aromatic carbocycles. The molecular weight excluding hydrogens is 307 g/mol. The number of aliphatic imine (C=N–C) groups is 1. The lowest BCUT2D eigenvalue weighted by atomic mass is 10.0. The van der Waals surface area contributed by atoms with E-state index >= 15 is 0 Å². The second kappa shape index (κ2) is 7.01. The third kappa shape index (κ3) is 3.46. The van der Waals surface area contributed by atoms with E-state index in [2.05, 4.69) is 10.3 Å². The molecule has 1 aliphatic rings. The van der Waals surface area contributed by atoms with E-state index in [4.69, 9.17) is 15.7 Å². The molecule has 0 aromatic heterocycles. The molecule has 0 radical (unpaired) electrons. The van der Waals surface area contributed by atoms with Gasteiger partial charge in [0.1, 0.15) is 11.6 Å². The molecule has 3 rings (SSSR count). The third-order valence-electron chi connectivity index (χ3n) is 3.88. The first kappa shape index (κ1) is 15.8. The SMILES string of the molecule is N#Cc1ccc(F)c(CN=C(N)NC2CCOc3ccccc32)c1. The lowest BCUT2D eigenvalue weighted by Gasteiger charge is -2.26. The Labute approximate surface area is 139 Å². The zero-order valence-electron chi connectivity index (χ0n) is 13.0. The topological polar surface area (TPSA) is 83.4 Å². The first-order chi connectivity index (χ1) is 11.7. The molecule has 6 heteroatoms. The molecule has 0 aliphatic carbocycles. The highest BCUT2D eigenvalue weighted by Crippen LogP contribution is 2.31. The molecule has 0 bridgehead atoms. The van der Waals surface area contributed by atoms with Crippen LogP contribution in [0.25, 0.3) is 0 Å². The summed E-state index contributed by atoms with van der Waals surface area (Å²) >= 11 is 0. The Kier molecular flexibility index (Phi) is 4.62. The van der Waals surface area contributed by atoms with Crippen LogP contribution in [0.3, 0.4) is 0 Å². The summed E-state index contributed by atoms with van der Waals surface area (Å²) < 4.78 is 19.4. The average Bonchev–Trinajstić information content (AvgIpc) is 2.61. The minimum Gasteiger partial charge on any atom is -0.493 e. The number of nitrogens with zero attached hydrogens (tertiary/aromatic N) is 2. The maximum atomic E-state index is 13.8.